The third kappa shape index (κ3) is 3.68. The van der Waals surface area contributed by atoms with Crippen LogP contribution < -0.4 is 0 Å². The van der Waals surface area contributed by atoms with Crippen molar-refractivity contribution < 1.29 is 18.0 Å². The number of Topliss-reactive ketones (excluding diaryl/α,β-unsaturated/α-hetero) is 2. The van der Waals surface area contributed by atoms with Gasteiger partial charge in [0.15, 0.2) is 11.6 Å². The molecule has 1 heterocycles. The van der Waals surface area contributed by atoms with Crippen molar-refractivity contribution in [2.45, 2.75) is 31.6 Å². The molecule has 6 heteroatoms. The van der Waals surface area contributed by atoms with E-state index in [2.05, 4.69) is 0 Å². The van der Waals surface area contributed by atoms with Crippen molar-refractivity contribution in [3.05, 3.63) is 89.3 Å². The summed E-state index contributed by atoms with van der Waals surface area (Å²) in [6, 6.07) is 15.6. The lowest BCUT2D eigenvalue weighted by Crippen LogP contribution is -2.30. The van der Waals surface area contributed by atoms with Crippen LogP contribution in [0.15, 0.2) is 83.0 Å². The maximum atomic E-state index is 13.1. The molecule has 1 aliphatic heterocycles. The van der Waals surface area contributed by atoms with Gasteiger partial charge < -0.3 is 0 Å². The molecule has 2 aromatic carbocycles. The molecule has 0 saturated carbocycles. The van der Waals surface area contributed by atoms with Crippen molar-refractivity contribution in [2.24, 2.45) is 0 Å². The lowest BCUT2D eigenvalue weighted by molar-refractivity contribution is -0.114. The number of ketones is 2. The largest absolute Gasteiger partial charge is 0.295 e. The second-order valence-electron chi connectivity index (χ2n) is 6.77. The Labute approximate surface area is 165 Å². The van der Waals surface area contributed by atoms with E-state index in [0.717, 1.165) is 15.4 Å². The first-order chi connectivity index (χ1) is 13.2. The van der Waals surface area contributed by atoms with Gasteiger partial charge in [0, 0.05) is 29.5 Å². The molecule has 0 N–H and O–H groups in total. The smallest absolute Gasteiger partial charge is 0.267 e. The highest BCUT2D eigenvalue weighted by Gasteiger charge is 2.34. The van der Waals surface area contributed by atoms with Gasteiger partial charge in [-0.1, -0.05) is 48.0 Å². The normalized spacial score (nSPS) is 15.0. The summed E-state index contributed by atoms with van der Waals surface area (Å²) in [6.07, 6.45) is 2.64. The molecule has 0 atom stereocenters. The first-order valence-corrected chi connectivity index (χ1v) is 10.3. The number of hydrogen-bond donors (Lipinski definition) is 0. The maximum absolute atomic E-state index is 13.1. The average molecular weight is 395 g/mol. The number of nitrogens with zero attached hydrogens (tertiary/aromatic N) is 1. The Morgan fingerprint density at radius 2 is 1.32 bits per heavy atom. The van der Waals surface area contributed by atoms with Crippen LogP contribution in [0.1, 0.15) is 30.9 Å². The molecule has 0 saturated heterocycles. The van der Waals surface area contributed by atoms with Crippen LogP contribution in [-0.2, 0) is 19.6 Å². The van der Waals surface area contributed by atoms with Crippen molar-refractivity contribution in [3.63, 3.8) is 0 Å². The van der Waals surface area contributed by atoms with E-state index in [9.17, 15) is 18.0 Å². The number of carbonyl (C=O) groups excluding carboxylic acids is 2. The zero-order valence-electron chi connectivity index (χ0n) is 15.9. The number of carbonyl (C=O) groups is 2. The summed E-state index contributed by atoms with van der Waals surface area (Å²) in [5.74, 6) is -1.17. The molecule has 2 aromatic rings. The number of rotatable bonds is 5. The van der Waals surface area contributed by atoms with Crippen molar-refractivity contribution >= 4 is 21.6 Å². The molecule has 3 rings (SSSR count). The highest BCUT2D eigenvalue weighted by molar-refractivity contribution is 7.89. The first kappa shape index (κ1) is 19.8. The Morgan fingerprint density at radius 1 is 0.821 bits per heavy atom. The Bertz CT molecular complexity index is 1050. The van der Waals surface area contributed by atoms with E-state index >= 15 is 0 Å². The first-order valence-electron chi connectivity index (χ1n) is 8.82. The molecule has 0 spiro atoms. The van der Waals surface area contributed by atoms with E-state index < -0.39 is 15.9 Å². The molecular weight excluding hydrogens is 374 g/mol. The molecule has 0 radical (unpaired) electrons. The van der Waals surface area contributed by atoms with Crippen LogP contribution in [0.4, 0.5) is 0 Å². The van der Waals surface area contributed by atoms with Crippen molar-refractivity contribution in [3.8, 4) is 0 Å². The Balaban J connectivity index is 2.17. The quantitative estimate of drug-likeness (QED) is 0.773. The summed E-state index contributed by atoms with van der Waals surface area (Å²) < 4.78 is 27.2. The minimum Gasteiger partial charge on any atom is -0.295 e. The summed E-state index contributed by atoms with van der Waals surface area (Å²) in [5.41, 5.74) is 2.21. The number of allylic oxidation sites excluding steroid dienone is 2. The minimum atomic E-state index is -3.94. The van der Waals surface area contributed by atoms with E-state index in [4.69, 9.17) is 0 Å². The number of aryl methyl sites for hydroxylation is 1. The van der Waals surface area contributed by atoms with Crippen LogP contribution in [0.5, 0.6) is 0 Å². The minimum absolute atomic E-state index is 0.0922. The van der Waals surface area contributed by atoms with Gasteiger partial charge >= 0.3 is 0 Å². The lowest BCUT2D eigenvalue weighted by atomic mass is 9.81. The van der Waals surface area contributed by atoms with E-state index in [1.807, 2.05) is 37.3 Å². The molecule has 5 nitrogen and oxygen atoms in total. The van der Waals surface area contributed by atoms with E-state index in [0.29, 0.717) is 0 Å². The van der Waals surface area contributed by atoms with E-state index in [-0.39, 0.29) is 27.6 Å². The fraction of sp³-hybridized carbons (Fsp3) is 0.182. The Morgan fingerprint density at radius 3 is 1.79 bits per heavy atom. The molecule has 0 aliphatic carbocycles. The molecule has 0 amide bonds. The van der Waals surface area contributed by atoms with E-state index in [1.165, 1.54) is 38.4 Å². The lowest BCUT2D eigenvalue weighted by Gasteiger charge is -2.30. The highest BCUT2D eigenvalue weighted by Crippen LogP contribution is 2.38. The fourth-order valence-electron chi connectivity index (χ4n) is 3.19. The zero-order chi connectivity index (χ0) is 20.5. The predicted molar refractivity (Wildman–Crippen MR) is 107 cm³/mol. The van der Waals surface area contributed by atoms with Crippen LogP contribution in [0, 0.1) is 6.92 Å². The van der Waals surface area contributed by atoms with Crippen LogP contribution in [0.3, 0.4) is 0 Å². The molecule has 28 heavy (non-hydrogen) atoms. The molecule has 0 fully saturated rings. The van der Waals surface area contributed by atoms with E-state index in [1.54, 1.807) is 12.1 Å². The molecular formula is C22H21NO4S. The summed E-state index contributed by atoms with van der Waals surface area (Å²) in [5, 5.41) is 0. The standard InChI is InChI=1S/C22H21NO4S/c1-15-9-11-19(12-10-15)28(26,27)23-13-20(16(2)24)22(21(14-23)17(3)25)18-7-5-4-6-8-18/h4-14,22H,1-3H3. The van der Waals surface area contributed by atoms with Gasteiger partial charge in [0.1, 0.15) is 0 Å². The van der Waals surface area contributed by atoms with Gasteiger partial charge in [0.2, 0.25) is 0 Å². The van der Waals surface area contributed by atoms with Gasteiger partial charge in [-0.3, -0.25) is 9.59 Å². The average Bonchev–Trinajstić information content (AvgIpc) is 2.67. The van der Waals surface area contributed by atoms with Crippen LogP contribution in [-0.4, -0.2) is 24.3 Å². The highest BCUT2D eigenvalue weighted by atomic mass is 32.2. The summed E-state index contributed by atoms with van der Waals surface area (Å²) >= 11 is 0. The molecule has 0 bridgehead atoms. The van der Waals surface area contributed by atoms with Gasteiger partial charge in [-0.2, -0.15) is 0 Å². The molecule has 1 aliphatic rings. The monoisotopic (exact) mass is 395 g/mol. The Hall–Kier alpha value is -2.99. The zero-order valence-corrected chi connectivity index (χ0v) is 16.7. The van der Waals surface area contributed by atoms with Gasteiger partial charge in [-0.25, -0.2) is 12.7 Å². The number of hydrogen-bond acceptors (Lipinski definition) is 4. The molecule has 144 valence electrons. The second-order valence-corrected chi connectivity index (χ2v) is 8.62. The summed E-state index contributed by atoms with van der Waals surface area (Å²) in [7, 11) is -3.94. The fourth-order valence-corrected chi connectivity index (χ4v) is 4.42. The van der Waals surface area contributed by atoms with Crippen LogP contribution in [0.25, 0.3) is 0 Å². The van der Waals surface area contributed by atoms with Crippen molar-refractivity contribution in [1.29, 1.82) is 0 Å². The number of sulfonamides is 1. The second kappa shape index (κ2) is 7.56. The van der Waals surface area contributed by atoms with Gasteiger partial charge in [-0.05, 0) is 38.5 Å². The maximum Gasteiger partial charge on any atom is 0.267 e. The summed E-state index contributed by atoms with van der Waals surface area (Å²) in [6.45, 7) is 4.62. The third-order valence-electron chi connectivity index (χ3n) is 4.70. The predicted octanol–water partition coefficient (Wildman–Crippen LogP) is 3.73. The third-order valence-corrected chi connectivity index (χ3v) is 6.33. The van der Waals surface area contributed by atoms with Gasteiger partial charge in [0.05, 0.1) is 4.90 Å². The topological polar surface area (TPSA) is 71.5 Å². The van der Waals surface area contributed by atoms with Crippen LogP contribution >= 0.6 is 0 Å². The van der Waals surface area contributed by atoms with Crippen molar-refractivity contribution in [2.75, 3.05) is 0 Å². The number of benzene rings is 2. The Kier molecular flexibility index (Phi) is 5.34. The SMILES string of the molecule is CC(=O)C1=CN(S(=O)(=O)c2ccc(C)cc2)C=C(C(C)=O)C1c1ccccc1. The van der Waals surface area contributed by atoms with Crippen molar-refractivity contribution in [1.82, 2.24) is 4.31 Å². The van der Waals surface area contributed by atoms with Crippen LogP contribution in [0.2, 0.25) is 0 Å². The van der Waals surface area contributed by atoms with Gasteiger partial charge in [0.25, 0.3) is 10.0 Å². The molecule has 0 unspecified atom stereocenters. The van der Waals surface area contributed by atoms with Gasteiger partial charge in [-0.15, -0.1) is 0 Å². The summed E-state index contributed by atoms with van der Waals surface area (Å²) in [4.78, 5) is 24.8. The molecule has 0 aromatic heterocycles.